The minimum absolute atomic E-state index is 0.00626. The molecule has 0 fully saturated rings. The van der Waals surface area contributed by atoms with Crippen LogP contribution in [-0.4, -0.2) is 19.0 Å². The number of carbonyl (C=O) groups is 1. The number of nitrogens with one attached hydrogen (secondary N) is 2. The van der Waals surface area contributed by atoms with Crippen LogP contribution in [0.2, 0.25) is 10.0 Å². The van der Waals surface area contributed by atoms with E-state index < -0.39 is 0 Å². The van der Waals surface area contributed by atoms with Crippen LogP contribution in [0.3, 0.4) is 0 Å². The number of carbonyl (C=O) groups excluding carboxylic acids is 1. The lowest BCUT2D eigenvalue weighted by molar-refractivity contribution is -0.118. The highest BCUT2D eigenvalue weighted by Gasteiger charge is 2.15. The van der Waals surface area contributed by atoms with Crippen LogP contribution < -0.4 is 10.6 Å². The van der Waals surface area contributed by atoms with Gasteiger partial charge < -0.3 is 10.6 Å². The molecule has 0 saturated carbocycles. The molecule has 0 heterocycles. The zero-order valence-corrected chi connectivity index (χ0v) is 15.4. The fraction of sp³-hybridized carbons (Fsp3) is 0.316. The normalized spacial score (nSPS) is 12.0. The van der Waals surface area contributed by atoms with Crippen LogP contribution in [0.25, 0.3) is 11.1 Å². The molecular weight excluding hydrogens is 343 g/mol. The van der Waals surface area contributed by atoms with Gasteiger partial charge in [-0.1, -0.05) is 61.2 Å². The van der Waals surface area contributed by atoms with E-state index >= 15 is 0 Å². The lowest BCUT2D eigenvalue weighted by atomic mass is 10.1. The number of halogens is 2. The highest BCUT2D eigenvalue weighted by molar-refractivity contribution is 6.42. The first-order valence-electron chi connectivity index (χ1n) is 8.08. The van der Waals surface area contributed by atoms with E-state index in [1.165, 1.54) is 0 Å². The number of hydrogen-bond acceptors (Lipinski definition) is 2. The zero-order chi connectivity index (χ0) is 17.5. The average Bonchev–Trinajstić information content (AvgIpc) is 2.59. The van der Waals surface area contributed by atoms with Crippen LogP contribution in [0.4, 0.5) is 5.69 Å². The molecule has 0 saturated heterocycles. The Morgan fingerprint density at radius 3 is 2.29 bits per heavy atom. The van der Waals surface area contributed by atoms with Crippen molar-refractivity contribution in [1.82, 2.24) is 5.32 Å². The molecule has 1 unspecified atom stereocenters. The van der Waals surface area contributed by atoms with E-state index in [0.29, 0.717) is 10.0 Å². The molecule has 128 valence electrons. The number of unbranched alkanes of at least 4 members (excludes halogenated alkanes) is 1. The van der Waals surface area contributed by atoms with E-state index in [2.05, 4.69) is 17.6 Å². The third-order valence-electron chi connectivity index (χ3n) is 3.92. The lowest BCUT2D eigenvalue weighted by Crippen LogP contribution is -2.38. The predicted molar refractivity (Wildman–Crippen MR) is 103 cm³/mol. The largest absolute Gasteiger partial charge is 0.325 e. The zero-order valence-electron chi connectivity index (χ0n) is 13.9. The molecule has 2 N–H and O–H groups in total. The van der Waals surface area contributed by atoms with Crippen molar-refractivity contribution in [2.24, 2.45) is 0 Å². The Kier molecular flexibility index (Phi) is 7.10. The Hall–Kier alpha value is -1.55. The van der Waals surface area contributed by atoms with Gasteiger partial charge in [0.15, 0.2) is 0 Å². The van der Waals surface area contributed by atoms with Crippen LogP contribution >= 0.6 is 23.2 Å². The fourth-order valence-corrected chi connectivity index (χ4v) is 2.76. The van der Waals surface area contributed by atoms with Gasteiger partial charge in [0, 0.05) is 5.69 Å². The Morgan fingerprint density at radius 2 is 1.71 bits per heavy atom. The SMILES string of the molecule is CCCCC(NC)C(=O)Nc1ccc(-c2ccc(Cl)c(Cl)c2)cc1. The molecule has 5 heteroatoms. The molecule has 0 aliphatic carbocycles. The quantitative estimate of drug-likeness (QED) is 0.692. The first-order valence-corrected chi connectivity index (χ1v) is 8.84. The molecular formula is C19H22Cl2N2O. The van der Waals surface area contributed by atoms with E-state index in [4.69, 9.17) is 23.2 Å². The van der Waals surface area contributed by atoms with Gasteiger partial charge in [-0.15, -0.1) is 0 Å². The lowest BCUT2D eigenvalue weighted by Gasteiger charge is -2.16. The second-order valence-electron chi connectivity index (χ2n) is 5.68. The maximum absolute atomic E-state index is 12.3. The van der Waals surface area contributed by atoms with Gasteiger partial charge in [0.2, 0.25) is 5.91 Å². The van der Waals surface area contributed by atoms with Crippen LogP contribution in [0.5, 0.6) is 0 Å². The molecule has 0 spiro atoms. The molecule has 2 aromatic rings. The summed E-state index contributed by atoms with van der Waals surface area (Å²) >= 11 is 12.0. The molecule has 0 aromatic heterocycles. The average molecular weight is 365 g/mol. The molecule has 0 aliphatic rings. The molecule has 0 radical (unpaired) electrons. The van der Waals surface area contributed by atoms with Gasteiger partial charge in [-0.25, -0.2) is 0 Å². The minimum Gasteiger partial charge on any atom is -0.325 e. The summed E-state index contributed by atoms with van der Waals surface area (Å²) < 4.78 is 0. The molecule has 3 nitrogen and oxygen atoms in total. The Labute approximate surface area is 153 Å². The topological polar surface area (TPSA) is 41.1 Å². The molecule has 0 aliphatic heterocycles. The second kappa shape index (κ2) is 9.07. The summed E-state index contributed by atoms with van der Waals surface area (Å²) in [6, 6.07) is 13.1. The van der Waals surface area contributed by atoms with Gasteiger partial charge in [-0.3, -0.25) is 4.79 Å². The maximum Gasteiger partial charge on any atom is 0.241 e. The number of hydrogen-bond donors (Lipinski definition) is 2. The van der Waals surface area contributed by atoms with Crippen LogP contribution in [0, 0.1) is 0 Å². The summed E-state index contributed by atoms with van der Waals surface area (Å²) in [4.78, 5) is 12.3. The van der Waals surface area contributed by atoms with Crippen LogP contribution in [0.15, 0.2) is 42.5 Å². The summed E-state index contributed by atoms with van der Waals surface area (Å²) in [5, 5.41) is 7.08. The van der Waals surface area contributed by atoms with Crippen molar-refractivity contribution in [3.05, 3.63) is 52.5 Å². The standard InChI is InChI=1S/C19H22Cl2N2O/c1-3-4-5-18(22-2)19(24)23-15-9-6-13(7-10-15)14-8-11-16(20)17(21)12-14/h6-12,18,22H,3-5H2,1-2H3,(H,23,24). The number of amides is 1. The van der Waals surface area contributed by atoms with Crippen molar-refractivity contribution in [2.45, 2.75) is 32.2 Å². The summed E-state index contributed by atoms with van der Waals surface area (Å²) in [5.74, 6) is -0.00626. The predicted octanol–water partition coefficient (Wildman–Crippen LogP) is 5.38. The number of anilines is 1. The van der Waals surface area contributed by atoms with Crippen molar-refractivity contribution < 1.29 is 4.79 Å². The fourth-order valence-electron chi connectivity index (χ4n) is 2.47. The van der Waals surface area contributed by atoms with Crippen molar-refractivity contribution in [3.63, 3.8) is 0 Å². The van der Waals surface area contributed by atoms with E-state index in [0.717, 1.165) is 36.1 Å². The third kappa shape index (κ3) is 4.97. The molecule has 24 heavy (non-hydrogen) atoms. The molecule has 0 bridgehead atoms. The molecule has 2 aromatic carbocycles. The monoisotopic (exact) mass is 364 g/mol. The van der Waals surface area contributed by atoms with Gasteiger partial charge in [-0.05, 0) is 48.9 Å². The van der Waals surface area contributed by atoms with Crippen LogP contribution in [-0.2, 0) is 4.79 Å². The highest BCUT2D eigenvalue weighted by atomic mass is 35.5. The van der Waals surface area contributed by atoms with E-state index in [-0.39, 0.29) is 11.9 Å². The molecule has 1 amide bonds. The Balaban J connectivity index is 2.06. The third-order valence-corrected chi connectivity index (χ3v) is 4.66. The summed E-state index contributed by atoms with van der Waals surface area (Å²) in [7, 11) is 1.81. The number of benzene rings is 2. The van der Waals surface area contributed by atoms with Crippen molar-refractivity contribution in [2.75, 3.05) is 12.4 Å². The maximum atomic E-state index is 12.3. The minimum atomic E-state index is -0.167. The van der Waals surface area contributed by atoms with E-state index in [9.17, 15) is 4.79 Å². The summed E-state index contributed by atoms with van der Waals surface area (Å²) in [6.07, 6.45) is 2.93. The number of rotatable bonds is 7. The van der Waals surface area contributed by atoms with Gasteiger partial charge in [0.05, 0.1) is 16.1 Å². The smallest absolute Gasteiger partial charge is 0.241 e. The number of likely N-dealkylation sites (N-methyl/N-ethyl adjacent to an activating group) is 1. The molecule has 1 atom stereocenters. The van der Waals surface area contributed by atoms with Crippen molar-refractivity contribution >= 4 is 34.8 Å². The first kappa shape index (κ1) is 18.8. The Morgan fingerprint density at radius 1 is 1.04 bits per heavy atom. The van der Waals surface area contributed by atoms with Gasteiger partial charge in [-0.2, -0.15) is 0 Å². The van der Waals surface area contributed by atoms with Gasteiger partial charge >= 0.3 is 0 Å². The van der Waals surface area contributed by atoms with Gasteiger partial charge in [0.1, 0.15) is 0 Å². The first-order chi connectivity index (χ1) is 11.5. The second-order valence-corrected chi connectivity index (χ2v) is 6.49. The van der Waals surface area contributed by atoms with Crippen LogP contribution in [0.1, 0.15) is 26.2 Å². The highest BCUT2D eigenvalue weighted by Crippen LogP contribution is 2.29. The molecule has 2 rings (SSSR count). The van der Waals surface area contributed by atoms with E-state index in [1.54, 1.807) is 6.07 Å². The van der Waals surface area contributed by atoms with Gasteiger partial charge in [0.25, 0.3) is 0 Å². The summed E-state index contributed by atoms with van der Waals surface area (Å²) in [6.45, 7) is 2.12. The van der Waals surface area contributed by atoms with E-state index in [1.807, 2.05) is 43.4 Å². The Bertz CT molecular complexity index is 686. The van der Waals surface area contributed by atoms with Crippen molar-refractivity contribution in [3.8, 4) is 11.1 Å². The summed E-state index contributed by atoms with van der Waals surface area (Å²) in [5.41, 5.74) is 2.78. The van der Waals surface area contributed by atoms with Crippen molar-refractivity contribution in [1.29, 1.82) is 0 Å².